The molecule has 0 aromatic heterocycles. The number of rotatable bonds is 8. The average Bonchev–Trinajstić information content (AvgIpc) is 2.99. The summed E-state index contributed by atoms with van der Waals surface area (Å²) in [5.41, 5.74) is 2.67. The third-order valence-corrected chi connectivity index (χ3v) is 3.58. The van der Waals surface area contributed by atoms with Gasteiger partial charge in [-0.25, -0.2) is 0 Å². The van der Waals surface area contributed by atoms with E-state index in [1.54, 1.807) is 7.11 Å². The van der Waals surface area contributed by atoms with Crippen molar-refractivity contribution in [1.29, 1.82) is 0 Å². The summed E-state index contributed by atoms with van der Waals surface area (Å²) in [6.45, 7) is 6.16. The van der Waals surface area contributed by atoms with E-state index in [4.69, 9.17) is 9.47 Å². The molecule has 0 saturated carbocycles. The molecule has 1 heterocycles. The first-order chi connectivity index (χ1) is 10.8. The Balaban J connectivity index is 0.00000264. The lowest BCUT2D eigenvalue weighted by Gasteiger charge is -2.11. The minimum atomic E-state index is 0. The second kappa shape index (κ2) is 11.5. The van der Waals surface area contributed by atoms with Gasteiger partial charge in [0.1, 0.15) is 5.75 Å². The van der Waals surface area contributed by atoms with Gasteiger partial charge < -0.3 is 20.1 Å². The molecule has 0 bridgehead atoms. The van der Waals surface area contributed by atoms with E-state index in [-0.39, 0.29) is 24.0 Å². The predicted molar refractivity (Wildman–Crippen MR) is 105 cm³/mol. The number of hydrogen-bond acceptors (Lipinski definition) is 3. The molecular formula is C17H28IN3O2. The first kappa shape index (κ1) is 20.0. The van der Waals surface area contributed by atoms with Gasteiger partial charge >= 0.3 is 0 Å². The van der Waals surface area contributed by atoms with E-state index in [1.165, 1.54) is 11.1 Å². The minimum Gasteiger partial charge on any atom is -0.493 e. The van der Waals surface area contributed by atoms with Crippen LogP contribution in [0.5, 0.6) is 5.75 Å². The van der Waals surface area contributed by atoms with Crippen molar-refractivity contribution in [3.8, 4) is 5.75 Å². The van der Waals surface area contributed by atoms with Crippen LogP contribution >= 0.6 is 24.0 Å². The Bertz CT molecular complexity index is 495. The number of nitrogens with one attached hydrogen (secondary N) is 2. The molecule has 0 amide bonds. The molecule has 2 N–H and O–H groups in total. The Hall–Kier alpha value is -1.02. The lowest BCUT2D eigenvalue weighted by molar-refractivity contribution is 0.197. The van der Waals surface area contributed by atoms with Gasteiger partial charge in [0.2, 0.25) is 0 Å². The largest absolute Gasteiger partial charge is 0.493 e. The van der Waals surface area contributed by atoms with Gasteiger partial charge in [-0.3, -0.25) is 4.99 Å². The van der Waals surface area contributed by atoms with Crippen molar-refractivity contribution in [3.05, 3.63) is 29.3 Å². The van der Waals surface area contributed by atoms with Crippen LogP contribution in [-0.2, 0) is 17.6 Å². The third-order valence-electron chi connectivity index (χ3n) is 3.58. The Labute approximate surface area is 156 Å². The summed E-state index contributed by atoms with van der Waals surface area (Å²) in [7, 11) is 1.72. The van der Waals surface area contributed by atoms with Crippen LogP contribution in [0.25, 0.3) is 0 Å². The van der Waals surface area contributed by atoms with E-state index in [0.717, 1.165) is 63.8 Å². The topological polar surface area (TPSA) is 54.9 Å². The van der Waals surface area contributed by atoms with E-state index in [0.29, 0.717) is 0 Å². The smallest absolute Gasteiger partial charge is 0.191 e. The van der Waals surface area contributed by atoms with E-state index >= 15 is 0 Å². The number of guanidine groups is 1. The van der Waals surface area contributed by atoms with Crippen LogP contribution in [0.3, 0.4) is 0 Å². The van der Waals surface area contributed by atoms with Crippen LogP contribution in [-0.4, -0.2) is 45.9 Å². The molecule has 0 fully saturated rings. The molecule has 0 radical (unpaired) electrons. The molecule has 0 aliphatic carbocycles. The van der Waals surface area contributed by atoms with Crippen molar-refractivity contribution in [1.82, 2.24) is 10.6 Å². The molecule has 1 aliphatic rings. The van der Waals surface area contributed by atoms with E-state index in [9.17, 15) is 0 Å². The average molecular weight is 433 g/mol. The molecule has 5 nitrogen and oxygen atoms in total. The maximum atomic E-state index is 5.54. The molecule has 130 valence electrons. The summed E-state index contributed by atoms with van der Waals surface area (Å²) in [5, 5.41) is 6.65. The highest BCUT2D eigenvalue weighted by Crippen LogP contribution is 2.25. The normalized spacial score (nSPS) is 13.0. The standard InChI is InChI=1S/C17H27N3O2.HI/c1-3-18-17(19-9-4-11-21-2)20-10-7-14-5-6-16-15(13-14)8-12-22-16;/h5-6,13H,3-4,7-12H2,1-2H3,(H2,18,19,20);1H. The van der Waals surface area contributed by atoms with Crippen LogP contribution in [0.2, 0.25) is 0 Å². The molecule has 0 spiro atoms. The van der Waals surface area contributed by atoms with Crippen molar-refractivity contribution in [2.24, 2.45) is 4.99 Å². The second-order valence-electron chi connectivity index (χ2n) is 5.32. The highest BCUT2D eigenvalue weighted by molar-refractivity contribution is 14.0. The summed E-state index contributed by atoms with van der Waals surface area (Å²) in [6.07, 6.45) is 2.95. The van der Waals surface area contributed by atoms with Gasteiger partial charge in [0.05, 0.1) is 6.61 Å². The lowest BCUT2D eigenvalue weighted by Crippen LogP contribution is -2.38. The highest BCUT2D eigenvalue weighted by atomic mass is 127. The molecule has 1 aromatic rings. The minimum absolute atomic E-state index is 0. The Morgan fingerprint density at radius 1 is 1.35 bits per heavy atom. The predicted octanol–water partition coefficient (Wildman–Crippen LogP) is 2.37. The number of methoxy groups -OCH3 is 1. The van der Waals surface area contributed by atoms with Crippen molar-refractivity contribution in [3.63, 3.8) is 0 Å². The van der Waals surface area contributed by atoms with Crippen molar-refractivity contribution < 1.29 is 9.47 Å². The number of benzene rings is 1. The molecule has 23 heavy (non-hydrogen) atoms. The number of aliphatic imine (C=N–C) groups is 1. The van der Waals surface area contributed by atoms with Gasteiger partial charge in [-0.15, -0.1) is 24.0 Å². The van der Waals surface area contributed by atoms with Crippen molar-refractivity contribution >= 4 is 29.9 Å². The van der Waals surface area contributed by atoms with Crippen LogP contribution in [0, 0.1) is 0 Å². The summed E-state index contributed by atoms with van der Waals surface area (Å²) in [5.74, 6) is 1.92. The maximum Gasteiger partial charge on any atom is 0.191 e. The van der Waals surface area contributed by atoms with Crippen molar-refractivity contribution in [2.75, 3.05) is 40.0 Å². The van der Waals surface area contributed by atoms with Gasteiger partial charge in [0.25, 0.3) is 0 Å². The van der Waals surface area contributed by atoms with Crippen LogP contribution in [0.1, 0.15) is 24.5 Å². The Kier molecular flexibility index (Phi) is 10.0. The molecule has 1 aromatic carbocycles. The van der Waals surface area contributed by atoms with Crippen LogP contribution < -0.4 is 15.4 Å². The molecular weight excluding hydrogens is 405 g/mol. The van der Waals surface area contributed by atoms with E-state index in [2.05, 4.69) is 40.7 Å². The van der Waals surface area contributed by atoms with Crippen LogP contribution in [0.15, 0.2) is 23.2 Å². The molecule has 1 aliphatic heterocycles. The number of hydrogen-bond donors (Lipinski definition) is 2. The lowest BCUT2D eigenvalue weighted by atomic mass is 10.1. The summed E-state index contributed by atoms with van der Waals surface area (Å²) in [4.78, 5) is 4.53. The molecule has 0 unspecified atom stereocenters. The number of ether oxygens (including phenoxy) is 2. The van der Waals surface area contributed by atoms with Crippen molar-refractivity contribution in [2.45, 2.75) is 26.2 Å². The molecule has 0 saturated heterocycles. The fourth-order valence-electron chi connectivity index (χ4n) is 2.46. The molecule has 2 rings (SSSR count). The summed E-state index contributed by atoms with van der Waals surface area (Å²) in [6, 6.07) is 6.49. The zero-order chi connectivity index (χ0) is 15.6. The zero-order valence-electron chi connectivity index (χ0n) is 14.1. The Morgan fingerprint density at radius 3 is 3.00 bits per heavy atom. The van der Waals surface area contributed by atoms with E-state index in [1.807, 2.05) is 0 Å². The fraction of sp³-hybridized carbons (Fsp3) is 0.588. The first-order valence-electron chi connectivity index (χ1n) is 8.09. The van der Waals surface area contributed by atoms with Gasteiger partial charge in [-0.05, 0) is 37.0 Å². The molecule has 6 heteroatoms. The SMILES string of the molecule is CCNC(=NCCCOC)NCCc1ccc2c(c1)CCO2.I. The van der Waals surface area contributed by atoms with Gasteiger partial charge in [0.15, 0.2) is 5.96 Å². The highest BCUT2D eigenvalue weighted by Gasteiger charge is 2.11. The maximum absolute atomic E-state index is 5.54. The fourth-order valence-corrected chi connectivity index (χ4v) is 2.46. The van der Waals surface area contributed by atoms with Gasteiger partial charge in [-0.2, -0.15) is 0 Å². The second-order valence-corrected chi connectivity index (χ2v) is 5.32. The Morgan fingerprint density at radius 2 is 2.22 bits per heavy atom. The zero-order valence-corrected chi connectivity index (χ0v) is 16.4. The number of halogens is 1. The summed E-state index contributed by atoms with van der Waals surface area (Å²) < 4.78 is 10.6. The van der Waals surface area contributed by atoms with Gasteiger partial charge in [0, 0.05) is 39.8 Å². The first-order valence-corrected chi connectivity index (χ1v) is 8.09. The number of fused-ring (bicyclic) bond motifs is 1. The van der Waals surface area contributed by atoms with Gasteiger partial charge in [-0.1, -0.05) is 12.1 Å². The quantitative estimate of drug-likeness (QED) is 0.286. The van der Waals surface area contributed by atoms with E-state index < -0.39 is 0 Å². The van der Waals surface area contributed by atoms with Crippen LogP contribution in [0.4, 0.5) is 0 Å². The third kappa shape index (κ3) is 6.95. The monoisotopic (exact) mass is 433 g/mol. The number of nitrogens with zero attached hydrogens (tertiary/aromatic N) is 1. The molecule has 0 atom stereocenters. The summed E-state index contributed by atoms with van der Waals surface area (Å²) >= 11 is 0.